The van der Waals surface area contributed by atoms with Crippen molar-refractivity contribution < 1.29 is 18.0 Å². The second kappa shape index (κ2) is 7.47. The quantitative estimate of drug-likeness (QED) is 0.373. The molecular weight excluding hydrogens is 487 g/mol. The average Bonchev–Trinajstić information content (AvgIpc) is 3.31. The average molecular weight is 504 g/mol. The van der Waals surface area contributed by atoms with Crippen molar-refractivity contribution in [2.75, 3.05) is 6.54 Å². The predicted octanol–water partition coefficient (Wildman–Crippen LogP) is 4.67. The van der Waals surface area contributed by atoms with E-state index in [-0.39, 0.29) is 17.5 Å². The third-order valence-corrected chi connectivity index (χ3v) is 6.47. The number of rotatable bonds is 2. The lowest BCUT2D eigenvalue weighted by Gasteiger charge is -2.33. The van der Waals surface area contributed by atoms with Gasteiger partial charge >= 0.3 is 0 Å². The Morgan fingerprint density at radius 1 is 1.22 bits per heavy atom. The molecule has 1 atom stereocenters. The van der Waals surface area contributed by atoms with Crippen LogP contribution in [-0.2, 0) is 13.5 Å². The fourth-order valence-electron chi connectivity index (χ4n) is 4.41. The van der Waals surface area contributed by atoms with Crippen molar-refractivity contribution in [3.8, 4) is 11.3 Å². The van der Waals surface area contributed by atoms with E-state index in [9.17, 15) is 18.0 Å². The molecule has 10 heteroatoms. The Labute approximate surface area is 189 Å². The maximum Gasteiger partial charge on any atom is 0.256 e. The second-order valence-electron chi connectivity index (χ2n) is 7.72. The van der Waals surface area contributed by atoms with Crippen molar-refractivity contribution in [1.82, 2.24) is 24.3 Å². The van der Waals surface area contributed by atoms with Crippen molar-refractivity contribution in [2.45, 2.75) is 19.4 Å². The molecular formula is C22H17BrF3N5O. The fourth-order valence-corrected chi connectivity index (χ4v) is 4.90. The Hall–Kier alpha value is -3.14. The van der Waals surface area contributed by atoms with Gasteiger partial charge in [0.25, 0.3) is 5.91 Å². The van der Waals surface area contributed by atoms with Crippen molar-refractivity contribution >= 4 is 27.4 Å². The molecule has 1 aliphatic heterocycles. The molecule has 1 amide bonds. The van der Waals surface area contributed by atoms with Crippen molar-refractivity contribution in [3.63, 3.8) is 0 Å². The van der Waals surface area contributed by atoms with Crippen LogP contribution in [0.3, 0.4) is 0 Å². The highest BCUT2D eigenvalue weighted by molar-refractivity contribution is 9.10. The number of aromatic nitrogens is 4. The first-order valence-corrected chi connectivity index (χ1v) is 10.7. The molecule has 0 saturated carbocycles. The van der Waals surface area contributed by atoms with Crippen LogP contribution >= 0.6 is 15.9 Å². The molecule has 164 valence electrons. The molecule has 32 heavy (non-hydrogen) atoms. The summed E-state index contributed by atoms with van der Waals surface area (Å²) in [6.45, 7) is 2.26. The van der Waals surface area contributed by atoms with Gasteiger partial charge in [-0.25, -0.2) is 17.7 Å². The summed E-state index contributed by atoms with van der Waals surface area (Å²) in [5.74, 6) is -4.18. The summed E-state index contributed by atoms with van der Waals surface area (Å²) in [5.41, 5.74) is 3.33. The Kier molecular flexibility index (Phi) is 4.85. The van der Waals surface area contributed by atoms with Gasteiger partial charge in [-0.15, -0.1) is 0 Å². The van der Waals surface area contributed by atoms with Gasteiger partial charge in [-0.1, -0.05) is 0 Å². The molecule has 0 spiro atoms. The highest BCUT2D eigenvalue weighted by Gasteiger charge is 2.34. The number of aryl methyl sites for hydroxylation is 1. The number of hydrogen-bond acceptors (Lipinski definition) is 3. The standard InChI is InChI=1S/C22H17BrF3N5O/c1-11-19-13(20(29(2)28-19)12-8-16(24)18(26)17(25)9-12)5-7-30(11)22(32)14-4-3-6-31-21(14)15(23)10-27-31/h3-4,6,8-11H,5,7H2,1-2H3. The van der Waals surface area contributed by atoms with E-state index >= 15 is 0 Å². The summed E-state index contributed by atoms with van der Waals surface area (Å²) < 4.78 is 45.0. The lowest BCUT2D eigenvalue weighted by molar-refractivity contribution is 0.0675. The minimum atomic E-state index is -1.50. The lowest BCUT2D eigenvalue weighted by atomic mass is 9.95. The molecule has 4 heterocycles. The Balaban J connectivity index is 1.55. The van der Waals surface area contributed by atoms with E-state index in [0.717, 1.165) is 17.7 Å². The molecule has 0 aliphatic carbocycles. The molecule has 0 N–H and O–H groups in total. The van der Waals surface area contributed by atoms with E-state index in [1.165, 1.54) is 4.68 Å². The number of nitrogens with zero attached hydrogens (tertiary/aromatic N) is 5. The van der Waals surface area contributed by atoms with Gasteiger partial charge in [0, 0.05) is 30.9 Å². The van der Waals surface area contributed by atoms with Crippen molar-refractivity contribution in [3.05, 3.63) is 75.4 Å². The van der Waals surface area contributed by atoms with Crippen molar-refractivity contribution in [1.29, 1.82) is 0 Å². The molecule has 0 radical (unpaired) electrons. The lowest BCUT2D eigenvalue weighted by Crippen LogP contribution is -2.39. The van der Waals surface area contributed by atoms with Crippen LogP contribution in [-0.4, -0.2) is 36.7 Å². The zero-order valence-corrected chi connectivity index (χ0v) is 18.7. The topological polar surface area (TPSA) is 55.4 Å². The van der Waals surface area contributed by atoms with E-state index in [1.807, 2.05) is 6.92 Å². The Morgan fingerprint density at radius 2 is 1.94 bits per heavy atom. The maximum absolute atomic E-state index is 13.9. The molecule has 6 nitrogen and oxygen atoms in total. The number of carbonyl (C=O) groups excluding carboxylic acids is 1. The molecule has 0 bridgehead atoms. The Bertz CT molecular complexity index is 1370. The molecule has 3 aromatic heterocycles. The van der Waals surface area contributed by atoms with Gasteiger partial charge in [-0.3, -0.25) is 9.48 Å². The zero-order valence-electron chi connectivity index (χ0n) is 17.1. The molecule has 1 aliphatic rings. The number of hydrogen-bond donors (Lipinski definition) is 0. The fraction of sp³-hybridized carbons (Fsp3) is 0.227. The minimum absolute atomic E-state index is 0.166. The maximum atomic E-state index is 13.9. The summed E-state index contributed by atoms with van der Waals surface area (Å²) in [6.07, 6.45) is 3.84. The highest BCUT2D eigenvalue weighted by Crippen LogP contribution is 2.37. The first-order chi connectivity index (χ1) is 15.3. The van der Waals surface area contributed by atoms with Gasteiger partial charge in [0.2, 0.25) is 0 Å². The van der Waals surface area contributed by atoms with Crippen molar-refractivity contribution in [2.24, 2.45) is 7.05 Å². The monoisotopic (exact) mass is 503 g/mol. The SMILES string of the molecule is CC1c2nn(C)c(-c3cc(F)c(F)c(F)c3)c2CCN1C(=O)c1cccn2ncc(Br)c12. The summed E-state index contributed by atoms with van der Waals surface area (Å²) in [7, 11) is 1.66. The summed E-state index contributed by atoms with van der Waals surface area (Å²) in [6, 6.07) is 5.07. The van der Waals surface area contributed by atoms with Crippen LogP contribution in [0.2, 0.25) is 0 Å². The smallest absolute Gasteiger partial charge is 0.256 e. The number of amides is 1. The minimum Gasteiger partial charge on any atom is -0.330 e. The van der Waals surface area contributed by atoms with E-state index < -0.39 is 17.5 Å². The summed E-state index contributed by atoms with van der Waals surface area (Å²) >= 11 is 3.45. The van der Waals surface area contributed by atoms with Crippen LogP contribution in [0.15, 0.2) is 41.1 Å². The van der Waals surface area contributed by atoms with Gasteiger partial charge < -0.3 is 4.90 Å². The van der Waals surface area contributed by atoms with Gasteiger partial charge in [-0.05, 0) is 53.5 Å². The molecule has 1 aromatic carbocycles. The normalized spacial score (nSPS) is 15.9. The zero-order chi connectivity index (χ0) is 22.7. The van der Waals surface area contributed by atoms with Crippen LogP contribution in [0.4, 0.5) is 13.2 Å². The first-order valence-electron chi connectivity index (χ1n) is 9.91. The van der Waals surface area contributed by atoms with Gasteiger partial charge in [-0.2, -0.15) is 10.2 Å². The van der Waals surface area contributed by atoms with Crippen LogP contribution in [0.25, 0.3) is 16.8 Å². The van der Waals surface area contributed by atoms with E-state index in [1.54, 1.807) is 41.0 Å². The molecule has 0 saturated heterocycles. The largest absolute Gasteiger partial charge is 0.330 e. The van der Waals surface area contributed by atoms with Gasteiger partial charge in [0.1, 0.15) is 0 Å². The molecule has 4 aromatic rings. The molecule has 5 rings (SSSR count). The number of halogens is 4. The predicted molar refractivity (Wildman–Crippen MR) is 115 cm³/mol. The summed E-state index contributed by atoms with van der Waals surface area (Å²) in [5, 5.41) is 8.77. The van der Waals surface area contributed by atoms with Crippen LogP contribution < -0.4 is 0 Å². The summed E-state index contributed by atoms with van der Waals surface area (Å²) in [4.78, 5) is 15.2. The molecule has 0 fully saturated rings. The molecule has 1 unspecified atom stereocenters. The highest BCUT2D eigenvalue weighted by atomic mass is 79.9. The Morgan fingerprint density at radius 3 is 2.66 bits per heavy atom. The number of benzene rings is 1. The van der Waals surface area contributed by atoms with Gasteiger partial charge in [0.05, 0.1) is 39.2 Å². The van der Waals surface area contributed by atoms with E-state index in [0.29, 0.717) is 39.9 Å². The van der Waals surface area contributed by atoms with Crippen LogP contribution in [0.1, 0.15) is 34.6 Å². The van der Waals surface area contributed by atoms with Crippen LogP contribution in [0.5, 0.6) is 0 Å². The number of pyridine rings is 1. The van der Waals surface area contributed by atoms with Gasteiger partial charge in [0.15, 0.2) is 17.5 Å². The number of carbonyl (C=O) groups is 1. The van der Waals surface area contributed by atoms with Crippen LogP contribution in [0, 0.1) is 17.5 Å². The third kappa shape index (κ3) is 3.04. The number of fused-ring (bicyclic) bond motifs is 2. The first kappa shape index (κ1) is 20.7. The third-order valence-electron chi connectivity index (χ3n) is 5.89. The second-order valence-corrected chi connectivity index (χ2v) is 8.58. The van der Waals surface area contributed by atoms with E-state index in [2.05, 4.69) is 26.1 Å². The van der Waals surface area contributed by atoms with E-state index in [4.69, 9.17) is 0 Å².